The summed E-state index contributed by atoms with van der Waals surface area (Å²) in [5.41, 5.74) is 1.87. The van der Waals surface area contributed by atoms with Crippen molar-refractivity contribution in [3.05, 3.63) is 58.9 Å². The van der Waals surface area contributed by atoms with Crippen LogP contribution in [0.2, 0.25) is 5.02 Å². The van der Waals surface area contributed by atoms with Crippen molar-refractivity contribution in [2.75, 3.05) is 22.4 Å². The van der Waals surface area contributed by atoms with E-state index in [1.165, 1.54) is 24.3 Å². The fourth-order valence-electron chi connectivity index (χ4n) is 2.42. The minimum absolute atomic E-state index is 0.117. The van der Waals surface area contributed by atoms with Crippen molar-refractivity contribution in [3.8, 4) is 0 Å². The lowest BCUT2D eigenvalue weighted by molar-refractivity contribution is -0.116. The number of sulfonamides is 1. The Morgan fingerprint density at radius 2 is 1.85 bits per heavy atom. The van der Waals surface area contributed by atoms with E-state index in [1.54, 1.807) is 18.2 Å². The van der Waals surface area contributed by atoms with Gasteiger partial charge in [-0.2, -0.15) is 0 Å². The molecule has 0 radical (unpaired) electrons. The van der Waals surface area contributed by atoms with Crippen LogP contribution < -0.4 is 9.62 Å². The Kier molecular flexibility index (Phi) is 6.61. The number of amides is 1. The SMILES string of the molecule is Cc1ccc(Cl)cc1NC(=O)CCCN(c1ccc(F)cc1)S(C)(=O)=O. The highest BCUT2D eigenvalue weighted by Gasteiger charge is 2.17. The maximum Gasteiger partial charge on any atom is 0.232 e. The highest BCUT2D eigenvalue weighted by molar-refractivity contribution is 7.92. The van der Waals surface area contributed by atoms with Gasteiger partial charge in [0.1, 0.15) is 5.82 Å². The molecule has 2 aromatic rings. The molecule has 1 N–H and O–H groups in total. The Morgan fingerprint density at radius 3 is 2.46 bits per heavy atom. The predicted octanol–water partition coefficient (Wildman–Crippen LogP) is 3.97. The number of hydrogen-bond donors (Lipinski definition) is 1. The molecule has 0 saturated heterocycles. The molecule has 0 aliphatic rings. The van der Waals surface area contributed by atoms with E-state index in [-0.39, 0.29) is 18.9 Å². The Balaban J connectivity index is 1.98. The molecule has 0 unspecified atom stereocenters. The number of aryl methyl sites for hydroxylation is 1. The Hall–Kier alpha value is -2.12. The topological polar surface area (TPSA) is 66.5 Å². The number of carbonyl (C=O) groups excluding carboxylic acids is 1. The molecule has 2 aromatic carbocycles. The first-order valence-corrected chi connectivity index (χ1v) is 10.2. The number of rotatable bonds is 7. The van der Waals surface area contributed by atoms with Gasteiger partial charge in [-0.3, -0.25) is 9.10 Å². The minimum atomic E-state index is -3.54. The Bertz CT molecular complexity index is 886. The molecule has 5 nitrogen and oxygen atoms in total. The van der Waals surface area contributed by atoms with Crippen LogP contribution in [0.25, 0.3) is 0 Å². The van der Waals surface area contributed by atoms with Gasteiger partial charge in [-0.25, -0.2) is 12.8 Å². The van der Waals surface area contributed by atoms with Crippen LogP contribution in [-0.2, 0) is 14.8 Å². The molecule has 0 heterocycles. The maximum atomic E-state index is 13.0. The molecule has 0 fully saturated rings. The summed E-state index contributed by atoms with van der Waals surface area (Å²) in [6, 6.07) is 10.4. The first kappa shape index (κ1) is 20.2. The third-order valence-corrected chi connectivity index (χ3v) is 5.18. The lowest BCUT2D eigenvalue weighted by Crippen LogP contribution is -2.31. The predicted molar refractivity (Wildman–Crippen MR) is 103 cm³/mol. The second-order valence-corrected chi connectivity index (χ2v) is 8.27. The number of carbonyl (C=O) groups is 1. The molecule has 0 spiro atoms. The largest absolute Gasteiger partial charge is 0.326 e. The summed E-state index contributed by atoms with van der Waals surface area (Å²) in [7, 11) is -3.54. The third kappa shape index (κ3) is 5.71. The van der Waals surface area contributed by atoms with Crippen LogP contribution in [-0.4, -0.2) is 27.1 Å². The molecule has 0 aromatic heterocycles. The summed E-state index contributed by atoms with van der Waals surface area (Å²) in [4.78, 5) is 12.1. The highest BCUT2D eigenvalue weighted by atomic mass is 35.5. The van der Waals surface area contributed by atoms with Crippen molar-refractivity contribution in [2.45, 2.75) is 19.8 Å². The number of nitrogens with one attached hydrogen (secondary N) is 1. The van der Waals surface area contributed by atoms with Crippen molar-refractivity contribution in [1.82, 2.24) is 0 Å². The second kappa shape index (κ2) is 8.51. The van der Waals surface area contributed by atoms with Gasteiger partial charge in [-0.1, -0.05) is 17.7 Å². The molecular formula is C18H20ClFN2O3S. The van der Waals surface area contributed by atoms with Crippen molar-refractivity contribution in [2.24, 2.45) is 0 Å². The molecular weight excluding hydrogens is 379 g/mol. The average molecular weight is 399 g/mol. The normalized spacial score (nSPS) is 11.2. The molecule has 0 saturated carbocycles. The molecule has 140 valence electrons. The van der Waals surface area contributed by atoms with Gasteiger partial charge in [0.15, 0.2) is 0 Å². The maximum absolute atomic E-state index is 13.0. The van der Waals surface area contributed by atoms with Crippen LogP contribution >= 0.6 is 11.6 Å². The van der Waals surface area contributed by atoms with Gasteiger partial charge in [0, 0.05) is 23.7 Å². The van der Waals surface area contributed by atoms with Crippen LogP contribution in [0.3, 0.4) is 0 Å². The average Bonchev–Trinajstić information content (AvgIpc) is 2.55. The zero-order valence-corrected chi connectivity index (χ0v) is 16.1. The molecule has 1 amide bonds. The van der Waals surface area contributed by atoms with Crippen molar-refractivity contribution in [1.29, 1.82) is 0 Å². The number of nitrogens with zero attached hydrogens (tertiary/aromatic N) is 1. The van der Waals surface area contributed by atoms with E-state index in [4.69, 9.17) is 11.6 Å². The standard InChI is InChI=1S/C18H20ClFN2O3S/c1-13-5-6-14(19)12-17(13)21-18(23)4-3-11-22(26(2,24)25)16-9-7-15(20)8-10-16/h5-10,12H,3-4,11H2,1-2H3,(H,21,23). The van der Waals surface area contributed by atoms with E-state index >= 15 is 0 Å². The van der Waals surface area contributed by atoms with Crippen LogP contribution in [0, 0.1) is 12.7 Å². The van der Waals surface area contributed by atoms with Gasteiger partial charge in [0.2, 0.25) is 15.9 Å². The van der Waals surface area contributed by atoms with Crippen LogP contribution in [0.15, 0.2) is 42.5 Å². The summed E-state index contributed by atoms with van der Waals surface area (Å²) in [6.45, 7) is 1.97. The lowest BCUT2D eigenvalue weighted by Gasteiger charge is -2.22. The van der Waals surface area contributed by atoms with Crippen LogP contribution in [0.4, 0.5) is 15.8 Å². The minimum Gasteiger partial charge on any atom is -0.326 e. The summed E-state index contributed by atoms with van der Waals surface area (Å²) in [5.74, 6) is -0.679. The van der Waals surface area contributed by atoms with Gasteiger partial charge >= 0.3 is 0 Å². The first-order valence-electron chi connectivity index (χ1n) is 7.96. The van der Waals surface area contributed by atoms with Crippen molar-refractivity contribution >= 4 is 38.9 Å². The number of halogens is 2. The fourth-order valence-corrected chi connectivity index (χ4v) is 3.56. The molecule has 0 atom stereocenters. The molecule has 0 bridgehead atoms. The Morgan fingerprint density at radius 1 is 1.19 bits per heavy atom. The zero-order chi connectivity index (χ0) is 19.3. The van der Waals surface area contributed by atoms with Gasteiger partial charge in [0.05, 0.1) is 11.9 Å². The molecule has 26 heavy (non-hydrogen) atoms. The van der Waals surface area contributed by atoms with Crippen LogP contribution in [0.5, 0.6) is 0 Å². The van der Waals surface area contributed by atoms with Crippen molar-refractivity contribution < 1.29 is 17.6 Å². The van der Waals surface area contributed by atoms with Gasteiger partial charge in [0.25, 0.3) is 0 Å². The zero-order valence-electron chi connectivity index (χ0n) is 14.5. The van der Waals surface area contributed by atoms with E-state index in [1.807, 2.05) is 6.92 Å². The summed E-state index contributed by atoms with van der Waals surface area (Å²) in [6.07, 6.45) is 1.53. The van der Waals surface area contributed by atoms with Gasteiger partial charge in [-0.15, -0.1) is 0 Å². The van der Waals surface area contributed by atoms with Gasteiger partial charge < -0.3 is 5.32 Å². The smallest absolute Gasteiger partial charge is 0.232 e. The van der Waals surface area contributed by atoms with Crippen molar-refractivity contribution in [3.63, 3.8) is 0 Å². The molecule has 2 rings (SSSR count). The van der Waals surface area contributed by atoms with E-state index in [0.29, 0.717) is 22.8 Å². The summed E-state index contributed by atoms with van der Waals surface area (Å²) < 4.78 is 38.2. The monoisotopic (exact) mass is 398 g/mol. The van der Waals surface area contributed by atoms with E-state index < -0.39 is 15.8 Å². The summed E-state index contributed by atoms with van der Waals surface area (Å²) in [5, 5.41) is 3.29. The van der Waals surface area contributed by atoms with E-state index in [0.717, 1.165) is 16.1 Å². The number of anilines is 2. The molecule has 0 aliphatic carbocycles. The lowest BCUT2D eigenvalue weighted by atomic mass is 10.2. The van der Waals surface area contributed by atoms with Gasteiger partial charge in [-0.05, 0) is 55.3 Å². The highest BCUT2D eigenvalue weighted by Crippen LogP contribution is 2.21. The second-order valence-electron chi connectivity index (χ2n) is 5.92. The third-order valence-electron chi connectivity index (χ3n) is 3.75. The van der Waals surface area contributed by atoms with E-state index in [2.05, 4.69) is 5.32 Å². The molecule has 8 heteroatoms. The Labute approximate surface area is 157 Å². The quantitative estimate of drug-likeness (QED) is 0.767. The van der Waals surface area contributed by atoms with E-state index in [9.17, 15) is 17.6 Å². The number of hydrogen-bond acceptors (Lipinski definition) is 3. The first-order chi connectivity index (χ1) is 12.2. The van der Waals surface area contributed by atoms with Crippen LogP contribution in [0.1, 0.15) is 18.4 Å². The fraction of sp³-hybridized carbons (Fsp3) is 0.278. The summed E-state index contributed by atoms with van der Waals surface area (Å²) >= 11 is 5.92. The number of benzene rings is 2. The molecule has 0 aliphatic heterocycles.